The Kier molecular flexibility index (Phi) is 2.60. The molecule has 3 heterocycles. The fraction of sp³-hybridized carbons (Fsp3) is 0. The predicted octanol–water partition coefficient (Wildman–Crippen LogP) is 4.84. The number of phenols is 1. The Morgan fingerprint density at radius 3 is 2.82 bits per heavy atom. The molecule has 108 valence electrons. The van der Waals surface area contributed by atoms with E-state index in [1.165, 1.54) is 12.3 Å². The summed E-state index contributed by atoms with van der Waals surface area (Å²) in [5, 5.41) is 10.4. The number of halogens is 1. The van der Waals surface area contributed by atoms with Gasteiger partial charge in [-0.1, -0.05) is 6.58 Å². The van der Waals surface area contributed by atoms with Crippen LogP contribution in [0.25, 0.3) is 33.9 Å². The molecule has 0 amide bonds. The second-order valence-electron chi connectivity index (χ2n) is 5.12. The van der Waals surface area contributed by atoms with E-state index >= 15 is 0 Å². The van der Waals surface area contributed by atoms with Gasteiger partial charge in [0.2, 0.25) is 0 Å². The molecule has 0 aliphatic heterocycles. The Labute approximate surface area is 125 Å². The third-order valence-electron chi connectivity index (χ3n) is 3.73. The van der Waals surface area contributed by atoms with Gasteiger partial charge in [0.1, 0.15) is 22.9 Å². The van der Waals surface area contributed by atoms with Gasteiger partial charge in [0.25, 0.3) is 0 Å². The molecule has 0 atom stereocenters. The summed E-state index contributed by atoms with van der Waals surface area (Å²) >= 11 is 0. The molecular formula is C18H12FNO2. The first-order valence-corrected chi connectivity index (χ1v) is 6.82. The van der Waals surface area contributed by atoms with Crippen LogP contribution in [0.1, 0.15) is 5.69 Å². The molecule has 3 nitrogen and oxygen atoms in total. The van der Waals surface area contributed by atoms with Crippen molar-refractivity contribution in [3.63, 3.8) is 0 Å². The van der Waals surface area contributed by atoms with Crippen LogP contribution in [0, 0.1) is 5.82 Å². The molecule has 0 radical (unpaired) electrons. The monoisotopic (exact) mass is 293 g/mol. The van der Waals surface area contributed by atoms with Crippen LogP contribution < -0.4 is 0 Å². The summed E-state index contributed by atoms with van der Waals surface area (Å²) in [6.45, 7) is 3.81. The van der Waals surface area contributed by atoms with Gasteiger partial charge in [-0.3, -0.25) is 0 Å². The lowest BCUT2D eigenvalue weighted by molar-refractivity contribution is 0.476. The van der Waals surface area contributed by atoms with Gasteiger partial charge in [-0.25, -0.2) is 4.39 Å². The van der Waals surface area contributed by atoms with Crippen molar-refractivity contribution in [2.75, 3.05) is 0 Å². The maximum absolute atomic E-state index is 13.5. The van der Waals surface area contributed by atoms with Crippen molar-refractivity contribution in [2.45, 2.75) is 0 Å². The second kappa shape index (κ2) is 4.49. The molecule has 3 aromatic heterocycles. The topological polar surface area (TPSA) is 37.8 Å². The van der Waals surface area contributed by atoms with E-state index in [0.717, 1.165) is 22.2 Å². The van der Waals surface area contributed by atoms with Crippen LogP contribution in [-0.4, -0.2) is 9.51 Å². The standard InChI is InChI=1S/C18H12FNO2/c1-2-16-15(9-13-4-3-12(19)10-20(13)16)18-8-11-7-14(21)5-6-17(11)22-18/h2-10,21H,1H2. The van der Waals surface area contributed by atoms with E-state index in [1.54, 1.807) is 34.7 Å². The van der Waals surface area contributed by atoms with E-state index in [9.17, 15) is 9.50 Å². The van der Waals surface area contributed by atoms with Gasteiger partial charge in [-0.15, -0.1) is 0 Å². The quantitative estimate of drug-likeness (QED) is 0.574. The van der Waals surface area contributed by atoms with Gasteiger partial charge < -0.3 is 13.9 Å². The normalized spacial score (nSPS) is 11.3. The summed E-state index contributed by atoms with van der Waals surface area (Å²) in [5.41, 5.74) is 3.13. The van der Waals surface area contributed by atoms with E-state index in [-0.39, 0.29) is 11.6 Å². The molecule has 1 aromatic carbocycles. The van der Waals surface area contributed by atoms with Crippen molar-refractivity contribution in [2.24, 2.45) is 0 Å². The summed E-state index contributed by atoms with van der Waals surface area (Å²) in [7, 11) is 0. The van der Waals surface area contributed by atoms with Gasteiger partial charge in [0, 0.05) is 22.7 Å². The number of aromatic nitrogens is 1. The summed E-state index contributed by atoms with van der Waals surface area (Å²) in [5.74, 6) is 0.528. The lowest BCUT2D eigenvalue weighted by Gasteiger charge is -1.99. The van der Waals surface area contributed by atoms with Crippen LogP contribution in [0.15, 0.2) is 59.7 Å². The van der Waals surface area contributed by atoms with Crippen molar-refractivity contribution < 1.29 is 13.9 Å². The van der Waals surface area contributed by atoms with Crippen LogP contribution in [-0.2, 0) is 0 Å². The fourth-order valence-corrected chi connectivity index (χ4v) is 2.73. The summed E-state index contributed by atoms with van der Waals surface area (Å²) in [4.78, 5) is 0. The highest BCUT2D eigenvalue weighted by Crippen LogP contribution is 2.34. The largest absolute Gasteiger partial charge is 0.508 e. The average molecular weight is 293 g/mol. The second-order valence-corrected chi connectivity index (χ2v) is 5.12. The molecule has 0 saturated heterocycles. The van der Waals surface area contributed by atoms with Crippen molar-refractivity contribution in [3.05, 3.63) is 66.8 Å². The number of hydrogen-bond donors (Lipinski definition) is 1. The van der Waals surface area contributed by atoms with Gasteiger partial charge in [-0.05, 0) is 48.5 Å². The van der Waals surface area contributed by atoms with E-state index in [4.69, 9.17) is 4.42 Å². The van der Waals surface area contributed by atoms with Gasteiger partial charge in [-0.2, -0.15) is 0 Å². The van der Waals surface area contributed by atoms with E-state index in [2.05, 4.69) is 6.58 Å². The third kappa shape index (κ3) is 1.81. The molecule has 0 unspecified atom stereocenters. The Balaban J connectivity index is 2.00. The molecule has 4 aromatic rings. The lowest BCUT2D eigenvalue weighted by Crippen LogP contribution is -1.88. The molecule has 0 spiro atoms. The van der Waals surface area contributed by atoms with E-state index < -0.39 is 0 Å². The summed E-state index contributed by atoms with van der Waals surface area (Å²) in [6, 6.07) is 11.8. The first kappa shape index (κ1) is 12.7. The first-order chi connectivity index (χ1) is 10.7. The number of phenolic OH excluding ortho intramolecular Hbond substituents is 1. The average Bonchev–Trinajstić information content (AvgIpc) is 3.06. The molecule has 1 N–H and O–H groups in total. The minimum absolute atomic E-state index is 0.188. The third-order valence-corrected chi connectivity index (χ3v) is 3.73. The molecular weight excluding hydrogens is 281 g/mol. The SMILES string of the molecule is C=Cc1c(-c2cc3cc(O)ccc3o2)cc2ccc(F)cn12. The van der Waals surface area contributed by atoms with Gasteiger partial charge in [0.15, 0.2) is 0 Å². The van der Waals surface area contributed by atoms with Gasteiger partial charge >= 0.3 is 0 Å². The zero-order chi connectivity index (χ0) is 15.3. The van der Waals surface area contributed by atoms with Crippen LogP contribution >= 0.6 is 0 Å². The number of furan rings is 1. The number of pyridine rings is 1. The minimum Gasteiger partial charge on any atom is -0.508 e. The van der Waals surface area contributed by atoms with Crippen LogP contribution in [0.5, 0.6) is 5.75 Å². The number of benzene rings is 1. The highest BCUT2D eigenvalue weighted by Gasteiger charge is 2.14. The molecule has 22 heavy (non-hydrogen) atoms. The van der Waals surface area contributed by atoms with Crippen LogP contribution in [0.3, 0.4) is 0 Å². The highest BCUT2D eigenvalue weighted by molar-refractivity contribution is 5.87. The summed E-state index contributed by atoms with van der Waals surface area (Å²) < 4.78 is 21.1. The van der Waals surface area contributed by atoms with Crippen LogP contribution in [0.4, 0.5) is 4.39 Å². The molecule has 0 fully saturated rings. The maximum atomic E-state index is 13.5. The molecule has 4 heteroatoms. The van der Waals surface area contributed by atoms with Gasteiger partial charge in [0.05, 0.1) is 5.69 Å². The van der Waals surface area contributed by atoms with Crippen molar-refractivity contribution in [1.82, 2.24) is 4.40 Å². The Morgan fingerprint density at radius 1 is 1.14 bits per heavy atom. The minimum atomic E-state index is -0.313. The highest BCUT2D eigenvalue weighted by atomic mass is 19.1. The predicted molar refractivity (Wildman–Crippen MR) is 84.3 cm³/mol. The molecule has 0 saturated carbocycles. The fourth-order valence-electron chi connectivity index (χ4n) is 2.73. The van der Waals surface area contributed by atoms with Crippen molar-refractivity contribution >= 4 is 22.6 Å². The molecule has 0 bridgehead atoms. The zero-order valence-corrected chi connectivity index (χ0v) is 11.6. The number of hydrogen-bond acceptors (Lipinski definition) is 2. The zero-order valence-electron chi connectivity index (χ0n) is 11.6. The number of rotatable bonds is 2. The smallest absolute Gasteiger partial charge is 0.139 e. The molecule has 4 rings (SSSR count). The van der Waals surface area contributed by atoms with E-state index in [1.807, 2.05) is 12.1 Å². The lowest BCUT2D eigenvalue weighted by atomic mass is 10.1. The number of aromatic hydroxyl groups is 1. The number of fused-ring (bicyclic) bond motifs is 2. The maximum Gasteiger partial charge on any atom is 0.139 e. The molecule has 0 aliphatic carbocycles. The molecule has 0 aliphatic rings. The van der Waals surface area contributed by atoms with Crippen molar-refractivity contribution in [3.8, 4) is 17.1 Å². The van der Waals surface area contributed by atoms with E-state index in [0.29, 0.717) is 11.3 Å². The van der Waals surface area contributed by atoms with Crippen molar-refractivity contribution in [1.29, 1.82) is 0 Å². The Bertz CT molecular complexity index is 1030. The number of nitrogens with zero attached hydrogens (tertiary/aromatic N) is 1. The summed E-state index contributed by atoms with van der Waals surface area (Å²) in [6.07, 6.45) is 3.09. The Morgan fingerprint density at radius 2 is 2.00 bits per heavy atom. The van der Waals surface area contributed by atoms with Crippen LogP contribution in [0.2, 0.25) is 0 Å². The first-order valence-electron chi connectivity index (χ1n) is 6.82. The Hall–Kier alpha value is -3.01.